The molecule has 0 saturated carbocycles. The number of nitrogens with zero attached hydrogens (tertiary/aromatic N) is 3. The Balaban J connectivity index is 0.00000225. The van der Waals surface area contributed by atoms with Crippen LogP contribution >= 0.6 is 12.4 Å². The zero-order valence-electron chi connectivity index (χ0n) is 13.9. The third-order valence-electron chi connectivity index (χ3n) is 4.29. The minimum Gasteiger partial charge on any atom is -0.303 e. The summed E-state index contributed by atoms with van der Waals surface area (Å²) in [6, 6.07) is 17.7. The van der Waals surface area contributed by atoms with Crippen LogP contribution in [0.5, 0.6) is 0 Å². The van der Waals surface area contributed by atoms with Crippen LogP contribution in [0, 0.1) is 11.3 Å². The highest BCUT2D eigenvalue weighted by Gasteiger charge is 2.36. The van der Waals surface area contributed by atoms with Crippen molar-refractivity contribution in [2.24, 2.45) is 0 Å². The molecule has 0 radical (unpaired) electrons. The van der Waals surface area contributed by atoms with E-state index in [-0.39, 0.29) is 23.3 Å². The van der Waals surface area contributed by atoms with Crippen molar-refractivity contribution in [3.05, 3.63) is 65.7 Å². The van der Waals surface area contributed by atoms with Gasteiger partial charge in [-0.25, -0.2) is 8.42 Å². The maximum atomic E-state index is 13.1. The zero-order chi connectivity index (χ0) is 17.2. The summed E-state index contributed by atoms with van der Waals surface area (Å²) in [5, 5.41) is 9.04. The molecule has 25 heavy (non-hydrogen) atoms. The summed E-state index contributed by atoms with van der Waals surface area (Å²) >= 11 is 0. The highest BCUT2D eigenvalue weighted by atomic mass is 35.5. The van der Waals surface area contributed by atoms with E-state index in [1.54, 1.807) is 22.5 Å². The lowest BCUT2D eigenvalue weighted by Gasteiger charge is -2.39. The lowest BCUT2D eigenvalue weighted by atomic mass is 10.1. The summed E-state index contributed by atoms with van der Waals surface area (Å²) in [5.41, 5.74) is 1.32. The quantitative estimate of drug-likeness (QED) is 0.824. The predicted molar refractivity (Wildman–Crippen MR) is 99.0 cm³/mol. The molecular weight excluding hydrogens is 358 g/mol. The van der Waals surface area contributed by atoms with Crippen LogP contribution in [0.2, 0.25) is 0 Å². The van der Waals surface area contributed by atoms with Crippen molar-refractivity contribution < 1.29 is 8.42 Å². The number of piperazine rings is 1. The topological polar surface area (TPSA) is 64.4 Å². The summed E-state index contributed by atoms with van der Waals surface area (Å²) < 4.78 is 27.8. The first kappa shape index (κ1) is 19.4. The summed E-state index contributed by atoms with van der Waals surface area (Å²) in [7, 11) is -1.66. The molecule has 3 rings (SSSR count). The van der Waals surface area contributed by atoms with Crippen LogP contribution in [0.4, 0.5) is 0 Å². The largest absolute Gasteiger partial charge is 0.303 e. The Labute approximate surface area is 154 Å². The Morgan fingerprint density at radius 3 is 2.48 bits per heavy atom. The highest BCUT2D eigenvalue weighted by Crippen LogP contribution is 2.30. The Bertz CT molecular complexity index is 865. The first-order valence-corrected chi connectivity index (χ1v) is 9.22. The Hall–Kier alpha value is -1.91. The smallest absolute Gasteiger partial charge is 0.243 e. The Kier molecular flexibility index (Phi) is 6.20. The van der Waals surface area contributed by atoms with Crippen LogP contribution in [0.15, 0.2) is 59.5 Å². The maximum Gasteiger partial charge on any atom is 0.243 e. The molecule has 1 aliphatic heterocycles. The SMILES string of the molecule is CN1CCN(S(=O)(=O)c2cccc(C#N)c2)C(c2ccccc2)C1.Cl. The fraction of sp³-hybridized carbons (Fsp3) is 0.278. The molecule has 0 amide bonds. The second kappa shape index (κ2) is 7.98. The molecule has 1 unspecified atom stereocenters. The summed E-state index contributed by atoms with van der Waals surface area (Å²) in [5.74, 6) is 0. The molecular formula is C18H20ClN3O2S. The van der Waals surface area contributed by atoms with Crippen LogP contribution in [0.3, 0.4) is 0 Å². The van der Waals surface area contributed by atoms with Crippen molar-refractivity contribution in [3.8, 4) is 6.07 Å². The molecule has 132 valence electrons. The van der Waals surface area contributed by atoms with E-state index in [1.165, 1.54) is 6.07 Å². The summed E-state index contributed by atoms with van der Waals surface area (Å²) in [6.07, 6.45) is 0. The van der Waals surface area contributed by atoms with Gasteiger partial charge in [0.25, 0.3) is 0 Å². The second-order valence-corrected chi connectivity index (χ2v) is 7.83. The number of hydrogen-bond donors (Lipinski definition) is 0. The number of hydrogen-bond acceptors (Lipinski definition) is 4. The van der Waals surface area contributed by atoms with Gasteiger partial charge in [-0.15, -0.1) is 12.4 Å². The van der Waals surface area contributed by atoms with Crippen LogP contribution in [-0.2, 0) is 10.0 Å². The summed E-state index contributed by atoms with van der Waals surface area (Å²) in [4.78, 5) is 2.31. The lowest BCUT2D eigenvalue weighted by Crippen LogP contribution is -2.49. The molecule has 7 heteroatoms. The lowest BCUT2D eigenvalue weighted by molar-refractivity contribution is 0.160. The van der Waals surface area contributed by atoms with E-state index >= 15 is 0 Å². The van der Waals surface area contributed by atoms with E-state index < -0.39 is 10.0 Å². The number of likely N-dealkylation sites (N-methyl/N-ethyl adjacent to an activating group) is 1. The predicted octanol–water partition coefficient (Wildman–Crippen LogP) is 2.66. The first-order valence-electron chi connectivity index (χ1n) is 7.78. The van der Waals surface area contributed by atoms with E-state index in [2.05, 4.69) is 4.90 Å². The monoisotopic (exact) mass is 377 g/mol. The van der Waals surface area contributed by atoms with Crippen molar-refractivity contribution in [2.45, 2.75) is 10.9 Å². The van der Waals surface area contributed by atoms with Crippen molar-refractivity contribution in [3.63, 3.8) is 0 Å². The second-order valence-electron chi connectivity index (χ2n) is 5.94. The number of sulfonamides is 1. The van der Waals surface area contributed by atoms with Crippen LogP contribution in [0.25, 0.3) is 0 Å². The van der Waals surface area contributed by atoms with Gasteiger partial charge < -0.3 is 4.90 Å². The van der Waals surface area contributed by atoms with Gasteiger partial charge in [0, 0.05) is 19.6 Å². The number of rotatable bonds is 3. The van der Waals surface area contributed by atoms with E-state index in [9.17, 15) is 8.42 Å². The standard InChI is InChI=1S/C18H19N3O2S.ClH/c1-20-10-11-21(18(14-20)16-7-3-2-4-8-16)24(22,23)17-9-5-6-15(12-17)13-19;/h2-9,12,18H,10-11,14H2,1H3;1H. The van der Waals surface area contributed by atoms with Gasteiger partial charge in [-0.1, -0.05) is 36.4 Å². The molecule has 1 atom stereocenters. The molecule has 0 bridgehead atoms. The number of halogens is 1. The zero-order valence-corrected chi connectivity index (χ0v) is 15.5. The minimum atomic E-state index is -3.66. The van der Waals surface area contributed by atoms with E-state index in [1.807, 2.05) is 43.4 Å². The van der Waals surface area contributed by atoms with Crippen molar-refractivity contribution >= 4 is 22.4 Å². The molecule has 1 fully saturated rings. The van der Waals surface area contributed by atoms with Gasteiger partial charge in [-0.3, -0.25) is 0 Å². The number of benzene rings is 2. The number of nitriles is 1. The Morgan fingerprint density at radius 2 is 1.80 bits per heavy atom. The van der Waals surface area contributed by atoms with Crippen molar-refractivity contribution in [1.29, 1.82) is 5.26 Å². The van der Waals surface area contributed by atoms with E-state index in [0.29, 0.717) is 25.2 Å². The van der Waals surface area contributed by atoms with Gasteiger partial charge in [0.05, 0.1) is 22.6 Å². The molecule has 1 heterocycles. The fourth-order valence-corrected chi connectivity index (χ4v) is 4.64. The first-order chi connectivity index (χ1) is 11.5. The van der Waals surface area contributed by atoms with Crippen LogP contribution in [0.1, 0.15) is 17.2 Å². The van der Waals surface area contributed by atoms with Crippen LogP contribution in [-0.4, -0.2) is 44.3 Å². The van der Waals surface area contributed by atoms with E-state index in [4.69, 9.17) is 5.26 Å². The Morgan fingerprint density at radius 1 is 1.08 bits per heavy atom. The molecule has 2 aromatic carbocycles. The summed E-state index contributed by atoms with van der Waals surface area (Å²) in [6.45, 7) is 1.75. The molecule has 0 aliphatic carbocycles. The van der Waals surface area contributed by atoms with Gasteiger partial charge >= 0.3 is 0 Å². The molecule has 5 nitrogen and oxygen atoms in total. The van der Waals surface area contributed by atoms with Crippen LogP contribution < -0.4 is 0 Å². The third kappa shape index (κ3) is 4.02. The average molecular weight is 378 g/mol. The van der Waals surface area contributed by atoms with Gasteiger partial charge in [-0.2, -0.15) is 9.57 Å². The third-order valence-corrected chi connectivity index (χ3v) is 6.19. The van der Waals surface area contributed by atoms with Gasteiger partial charge in [0.15, 0.2) is 0 Å². The fourth-order valence-electron chi connectivity index (χ4n) is 3.00. The van der Waals surface area contributed by atoms with Crippen molar-refractivity contribution in [2.75, 3.05) is 26.7 Å². The molecule has 1 aliphatic rings. The van der Waals surface area contributed by atoms with Crippen molar-refractivity contribution in [1.82, 2.24) is 9.21 Å². The molecule has 0 N–H and O–H groups in total. The normalized spacial score (nSPS) is 19.0. The minimum absolute atomic E-state index is 0. The highest BCUT2D eigenvalue weighted by molar-refractivity contribution is 7.89. The molecule has 0 aromatic heterocycles. The van der Waals surface area contributed by atoms with Gasteiger partial charge in [0.2, 0.25) is 10.0 Å². The molecule has 2 aromatic rings. The van der Waals surface area contributed by atoms with Gasteiger partial charge in [-0.05, 0) is 30.8 Å². The maximum absolute atomic E-state index is 13.1. The van der Waals surface area contributed by atoms with E-state index in [0.717, 1.165) is 5.56 Å². The molecule has 1 saturated heterocycles. The molecule has 0 spiro atoms. The van der Waals surface area contributed by atoms with Gasteiger partial charge in [0.1, 0.15) is 0 Å². The average Bonchev–Trinajstić information content (AvgIpc) is 2.62.